The minimum atomic E-state index is -0.179. The Hall–Kier alpha value is -3.14. The fourth-order valence-corrected chi connectivity index (χ4v) is 5.01. The number of H-pyrrole nitrogens is 1. The summed E-state index contributed by atoms with van der Waals surface area (Å²) in [5.74, 6) is 1.12. The average molecular weight is 497 g/mol. The van der Waals surface area contributed by atoms with Crippen molar-refractivity contribution in [1.29, 1.82) is 0 Å². The van der Waals surface area contributed by atoms with Crippen molar-refractivity contribution in [1.82, 2.24) is 25.2 Å². The zero-order chi connectivity index (χ0) is 23.5. The Morgan fingerprint density at radius 3 is 2.94 bits per heavy atom. The lowest BCUT2D eigenvalue weighted by molar-refractivity contribution is -0.122. The molecule has 0 aliphatic carbocycles. The van der Waals surface area contributed by atoms with E-state index in [0.717, 1.165) is 42.8 Å². The Labute approximate surface area is 206 Å². The van der Waals surface area contributed by atoms with Gasteiger partial charge >= 0.3 is 0 Å². The summed E-state index contributed by atoms with van der Waals surface area (Å²) in [5, 5.41) is 8.85. The molecule has 0 bridgehead atoms. The molecule has 34 heavy (non-hydrogen) atoms. The first kappa shape index (κ1) is 22.6. The second-order valence-corrected chi connectivity index (χ2v) is 9.64. The number of carbonyl (C=O) groups excluding carboxylic acids is 1. The second-order valence-electron chi connectivity index (χ2n) is 8.20. The molecule has 10 heteroatoms. The second kappa shape index (κ2) is 10.0. The van der Waals surface area contributed by atoms with Gasteiger partial charge in [0.25, 0.3) is 5.91 Å². The number of ether oxygens (including phenoxy) is 1. The van der Waals surface area contributed by atoms with Crippen molar-refractivity contribution in [2.45, 2.75) is 19.0 Å². The van der Waals surface area contributed by atoms with E-state index in [1.54, 1.807) is 24.6 Å². The summed E-state index contributed by atoms with van der Waals surface area (Å²) in [7, 11) is 1.58. The minimum absolute atomic E-state index is 0.0240. The number of nitrogens with one attached hydrogen (secondary N) is 3. The lowest BCUT2D eigenvalue weighted by atomic mass is 10.2. The molecule has 4 heterocycles. The molecule has 0 saturated carbocycles. The summed E-state index contributed by atoms with van der Waals surface area (Å²) in [6.07, 6.45) is 2.69. The largest absolute Gasteiger partial charge is 0.484 e. The van der Waals surface area contributed by atoms with Crippen LogP contribution in [-0.4, -0.2) is 58.5 Å². The molecule has 0 unspecified atom stereocenters. The zero-order valence-corrected chi connectivity index (χ0v) is 20.2. The Kier molecular flexibility index (Phi) is 6.66. The first-order valence-electron chi connectivity index (χ1n) is 11.1. The zero-order valence-electron chi connectivity index (χ0n) is 18.7. The fraction of sp³-hybridized carbons (Fsp3) is 0.292. The molecule has 8 nitrogen and oxygen atoms in total. The van der Waals surface area contributed by atoms with Crippen LogP contribution in [0.5, 0.6) is 5.75 Å². The monoisotopic (exact) mass is 496 g/mol. The van der Waals surface area contributed by atoms with Gasteiger partial charge in [-0.15, -0.1) is 11.3 Å². The normalized spacial score (nSPS) is 16.1. The molecule has 4 aromatic rings. The number of likely N-dealkylation sites (tertiary alicyclic amines) is 1. The van der Waals surface area contributed by atoms with Gasteiger partial charge in [0.05, 0.1) is 16.9 Å². The summed E-state index contributed by atoms with van der Waals surface area (Å²) in [4.78, 5) is 27.7. The molecular weight excluding hydrogens is 472 g/mol. The van der Waals surface area contributed by atoms with E-state index in [0.29, 0.717) is 28.3 Å². The van der Waals surface area contributed by atoms with Crippen molar-refractivity contribution >= 4 is 45.7 Å². The van der Waals surface area contributed by atoms with Crippen LogP contribution < -0.4 is 15.4 Å². The number of benzene rings is 1. The van der Waals surface area contributed by atoms with Crippen molar-refractivity contribution in [3.05, 3.63) is 57.9 Å². The minimum Gasteiger partial charge on any atom is -0.484 e. The van der Waals surface area contributed by atoms with Crippen LogP contribution in [0.4, 0.5) is 5.69 Å². The maximum Gasteiger partial charge on any atom is 0.257 e. The molecule has 1 aliphatic heterocycles. The van der Waals surface area contributed by atoms with Gasteiger partial charge < -0.3 is 20.4 Å². The third-order valence-electron chi connectivity index (χ3n) is 5.83. The molecule has 176 valence electrons. The lowest BCUT2D eigenvalue weighted by Gasteiger charge is -2.17. The molecule has 1 saturated heterocycles. The highest BCUT2D eigenvalue weighted by Gasteiger charge is 2.24. The third kappa shape index (κ3) is 5.01. The number of amides is 1. The van der Waals surface area contributed by atoms with Crippen LogP contribution >= 0.6 is 22.9 Å². The molecular formula is C24H25ClN6O2S. The maximum atomic E-state index is 11.4. The highest BCUT2D eigenvalue weighted by atomic mass is 35.5. The first-order valence-corrected chi connectivity index (χ1v) is 12.3. The molecule has 1 aliphatic rings. The molecule has 3 N–H and O–H groups in total. The van der Waals surface area contributed by atoms with E-state index in [1.165, 1.54) is 4.88 Å². The molecule has 5 rings (SSSR count). The predicted octanol–water partition coefficient (Wildman–Crippen LogP) is 4.15. The highest BCUT2D eigenvalue weighted by Crippen LogP contribution is 2.32. The standard InChI is InChI=1S/C24H25ClN6O2S/c1-26-20(32)14-33-17-6-4-15(5-7-17)23-29-22-21(19(25)11-27-24(22)30-23)28-16-8-9-31(12-16)13-18-3-2-10-34-18/h2-7,10-11,16H,8-9,12-14H2,1H3,(H,26,32)(H2,27,28,29,30)/t16-/m0/s1. The quantitative estimate of drug-likeness (QED) is 0.339. The Morgan fingerprint density at radius 2 is 2.18 bits per heavy atom. The van der Waals surface area contributed by atoms with Gasteiger partial charge in [0, 0.05) is 43.2 Å². The van der Waals surface area contributed by atoms with Crippen LogP contribution in [-0.2, 0) is 11.3 Å². The number of nitrogens with zero attached hydrogens (tertiary/aromatic N) is 3. The van der Waals surface area contributed by atoms with Crippen molar-refractivity contribution in [2.75, 3.05) is 32.1 Å². The number of carbonyl (C=O) groups is 1. The van der Waals surface area contributed by atoms with Gasteiger partial charge in [-0.1, -0.05) is 17.7 Å². The number of hydrogen-bond donors (Lipinski definition) is 3. The van der Waals surface area contributed by atoms with Crippen molar-refractivity contribution in [3.63, 3.8) is 0 Å². The molecule has 3 aromatic heterocycles. The predicted molar refractivity (Wildman–Crippen MR) is 136 cm³/mol. The van der Waals surface area contributed by atoms with Gasteiger partial charge in [-0.2, -0.15) is 0 Å². The number of fused-ring (bicyclic) bond motifs is 1. The summed E-state index contributed by atoms with van der Waals surface area (Å²) >= 11 is 8.34. The van der Waals surface area contributed by atoms with Crippen LogP contribution in [0.1, 0.15) is 11.3 Å². The number of imidazole rings is 1. The van der Waals surface area contributed by atoms with Crippen LogP contribution in [0.2, 0.25) is 5.02 Å². The SMILES string of the molecule is CNC(=O)COc1ccc(-c2nc3ncc(Cl)c(N[C@H]4CCN(Cc5cccs5)C4)c3[nH]2)cc1. The summed E-state index contributed by atoms with van der Waals surface area (Å²) in [6.45, 7) is 2.96. The summed E-state index contributed by atoms with van der Waals surface area (Å²) in [6, 6.07) is 12.0. The van der Waals surface area contributed by atoms with Gasteiger partial charge in [-0.25, -0.2) is 9.97 Å². The highest BCUT2D eigenvalue weighted by molar-refractivity contribution is 7.09. The maximum absolute atomic E-state index is 11.4. The number of aromatic nitrogens is 3. The average Bonchev–Trinajstić information content (AvgIpc) is 3.61. The Balaban J connectivity index is 1.31. The van der Waals surface area contributed by atoms with Gasteiger partial charge in [-0.3, -0.25) is 9.69 Å². The van der Waals surface area contributed by atoms with E-state index in [4.69, 9.17) is 16.3 Å². The van der Waals surface area contributed by atoms with E-state index in [2.05, 4.69) is 48.0 Å². The van der Waals surface area contributed by atoms with Crippen LogP contribution in [0, 0.1) is 0 Å². The number of hydrogen-bond acceptors (Lipinski definition) is 7. The van der Waals surface area contributed by atoms with Gasteiger partial charge in [0.15, 0.2) is 12.3 Å². The van der Waals surface area contributed by atoms with E-state index in [1.807, 2.05) is 24.3 Å². The lowest BCUT2D eigenvalue weighted by Crippen LogP contribution is -2.26. The van der Waals surface area contributed by atoms with Crippen LogP contribution in [0.25, 0.3) is 22.6 Å². The number of aromatic amines is 1. The van der Waals surface area contributed by atoms with Gasteiger partial charge in [-0.05, 0) is 42.1 Å². The number of likely N-dealkylation sites (N-methyl/N-ethyl adjacent to an activating group) is 1. The van der Waals surface area contributed by atoms with Crippen molar-refractivity contribution in [3.8, 4) is 17.1 Å². The summed E-state index contributed by atoms with van der Waals surface area (Å²) < 4.78 is 5.47. The molecule has 0 spiro atoms. The van der Waals surface area contributed by atoms with E-state index < -0.39 is 0 Å². The number of thiophene rings is 1. The first-order chi connectivity index (χ1) is 16.6. The Bertz CT molecular complexity index is 1270. The third-order valence-corrected chi connectivity index (χ3v) is 6.98. The van der Waals surface area contributed by atoms with Gasteiger partial charge in [0.1, 0.15) is 17.1 Å². The molecule has 1 aromatic carbocycles. The van der Waals surface area contributed by atoms with E-state index >= 15 is 0 Å². The van der Waals surface area contributed by atoms with Crippen molar-refractivity contribution in [2.24, 2.45) is 0 Å². The topological polar surface area (TPSA) is 95.2 Å². The number of pyridine rings is 1. The smallest absolute Gasteiger partial charge is 0.257 e. The van der Waals surface area contributed by atoms with Crippen LogP contribution in [0.3, 0.4) is 0 Å². The number of rotatable bonds is 8. The number of halogens is 1. The van der Waals surface area contributed by atoms with Crippen molar-refractivity contribution < 1.29 is 9.53 Å². The molecule has 1 amide bonds. The molecule has 0 radical (unpaired) electrons. The molecule has 1 fully saturated rings. The van der Waals surface area contributed by atoms with Gasteiger partial charge in [0.2, 0.25) is 0 Å². The molecule has 1 atom stereocenters. The fourth-order valence-electron chi connectivity index (χ4n) is 4.06. The Morgan fingerprint density at radius 1 is 1.32 bits per heavy atom. The van der Waals surface area contributed by atoms with Crippen LogP contribution in [0.15, 0.2) is 48.0 Å². The summed E-state index contributed by atoms with van der Waals surface area (Å²) in [5.41, 5.74) is 3.11. The number of anilines is 1. The van der Waals surface area contributed by atoms with E-state index in [9.17, 15) is 4.79 Å². The van der Waals surface area contributed by atoms with E-state index in [-0.39, 0.29) is 12.5 Å².